The lowest BCUT2D eigenvalue weighted by Crippen LogP contribution is -2.37. The van der Waals surface area contributed by atoms with Gasteiger partial charge in [0.1, 0.15) is 5.15 Å². The summed E-state index contributed by atoms with van der Waals surface area (Å²) in [5.41, 5.74) is 6.60. The van der Waals surface area contributed by atoms with Crippen LogP contribution in [-0.4, -0.2) is 29.1 Å². The number of nitrogen functional groups attached to an aromatic ring is 1. The van der Waals surface area contributed by atoms with E-state index in [4.69, 9.17) is 17.3 Å². The second kappa shape index (κ2) is 4.49. The van der Waals surface area contributed by atoms with Crippen LogP contribution in [0.5, 0.6) is 0 Å². The Kier molecular flexibility index (Phi) is 3.26. The maximum atomic E-state index is 5.90. The molecule has 0 bridgehead atoms. The van der Waals surface area contributed by atoms with Crippen LogP contribution in [0.4, 0.5) is 11.5 Å². The third-order valence-electron chi connectivity index (χ3n) is 2.41. The Morgan fingerprint density at radius 3 is 3.13 bits per heavy atom. The topological polar surface area (TPSA) is 42.2 Å². The Labute approximate surface area is 99.0 Å². The van der Waals surface area contributed by atoms with Crippen LogP contribution in [0.3, 0.4) is 0 Å². The summed E-state index contributed by atoms with van der Waals surface area (Å²) < 4.78 is 0. The van der Waals surface area contributed by atoms with Crippen LogP contribution in [0.2, 0.25) is 5.15 Å². The van der Waals surface area contributed by atoms with Gasteiger partial charge in [0.25, 0.3) is 0 Å². The zero-order chi connectivity index (χ0) is 10.8. The van der Waals surface area contributed by atoms with Crippen molar-refractivity contribution in [2.24, 2.45) is 0 Å². The predicted octanol–water partition coefficient (Wildman–Crippen LogP) is 2.26. The summed E-state index contributed by atoms with van der Waals surface area (Å²) >= 11 is 7.86. The number of nitrogens with two attached hydrogens (primary N) is 1. The van der Waals surface area contributed by atoms with Gasteiger partial charge in [-0.15, -0.1) is 0 Å². The molecule has 1 atom stereocenters. The Hall–Kier alpha value is -0.610. The molecule has 1 aliphatic rings. The zero-order valence-corrected chi connectivity index (χ0v) is 10.2. The van der Waals surface area contributed by atoms with Crippen molar-refractivity contribution >= 4 is 34.9 Å². The maximum Gasteiger partial charge on any atom is 0.153 e. The molecule has 82 valence electrons. The van der Waals surface area contributed by atoms with Crippen LogP contribution in [0.1, 0.15) is 6.92 Å². The van der Waals surface area contributed by atoms with Crippen LogP contribution in [0, 0.1) is 0 Å². The average Bonchev–Trinajstić information content (AvgIpc) is 2.22. The van der Waals surface area contributed by atoms with Crippen LogP contribution >= 0.6 is 23.4 Å². The summed E-state index contributed by atoms with van der Waals surface area (Å²) in [6.45, 7) is 4.20. The van der Waals surface area contributed by atoms with Gasteiger partial charge in [0, 0.05) is 24.1 Å². The second-order valence-corrected chi connectivity index (χ2v) is 5.61. The van der Waals surface area contributed by atoms with E-state index in [-0.39, 0.29) is 0 Å². The molecule has 2 heterocycles. The molecule has 0 aliphatic carbocycles. The highest BCUT2D eigenvalue weighted by atomic mass is 35.5. The molecule has 1 aliphatic heterocycles. The zero-order valence-electron chi connectivity index (χ0n) is 8.61. The third kappa shape index (κ3) is 2.49. The summed E-state index contributed by atoms with van der Waals surface area (Å²) in [4.78, 5) is 6.50. The first-order valence-corrected chi connectivity index (χ1v) is 6.38. The Morgan fingerprint density at radius 1 is 1.60 bits per heavy atom. The van der Waals surface area contributed by atoms with E-state index in [1.807, 2.05) is 17.8 Å². The lowest BCUT2D eigenvalue weighted by atomic mass is 10.3. The van der Waals surface area contributed by atoms with Gasteiger partial charge in [-0.2, -0.15) is 11.8 Å². The molecule has 0 radical (unpaired) electrons. The summed E-state index contributed by atoms with van der Waals surface area (Å²) in [5, 5.41) is 1.13. The number of pyridine rings is 1. The molecular weight excluding hydrogens is 230 g/mol. The first-order valence-electron chi connectivity index (χ1n) is 4.95. The second-order valence-electron chi connectivity index (χ2n) is 3.67. The highest BCUT2D eigenvalue weighted by Gasteiger charge is 2.19. The average molecular weight is 244 g/mol. The minimum atomic E-state index is 0.505. The largest absolute Gasteiger partial charge is 0.396 e. The van der Waals surface area contributed by atoms with Gasteiger partial charge in [-0.3, -0.25) is 0 Å². The minimum Gasteiger partial charge on any atom is -0.396 e. The predicted molar refractivity (Wildman–Crippen MR) is 67.8 cm³/mol. The fourth-order valence-electron chi connectivity index (χ4n) is 1.70. The fraction of sp³-hybridized carbons (Fsp3) is 0.500. The van der Waals surface area contributed by atoms with E-state index >= 15 is 0 Å². The lowest BCUT2D eigenvalue weighted by Gasteiger charge is -2.32. The number of hydrogen-bond donors (Lipinski definition) is 1. The van der Waals surface area contributed by atoms with Crippen molar-refractivity contribution in [1.29, 1.82) is 0 Å². The van der Waals surface area contributed by atoms with Gasteiger partial charge in [-0.05, 0) is 12.1 Å². The number of hydrogen-bond acceptors (Lipinski definition) is 4. The number of nitrogens with zero attached hydrogens (tertiary/aromatic N) is 2. The number of anilines is 2. The smallest absolute Gasteiger partial charge is 0.153 e. The molecule has 1 unspecified atom stereocenters. The van der Waals surface area contributed by atoms with Gasteiger partial charge in [0.05, 0.1) is 5.69 Å². The van der Waals surface area contributed by atoms with E-state index in [2.05, 4.69) is 16.8 Å². The minimum absolute atomic E-state index is 0.505. The van der Waals surface area contributed by atoms with Gasteiger partial charge < -0.3 is 10.6 Å². The highest BCUT2D eigenvalue weighted by Crippen LogP contribution is 2.27. The van der Waals surface area contributed by atoms with E-state index in [1.165, 1.54) is 0 Å². The quantitative estimate of drug-likeness (QED) is 0.769. The monoisotopic (exact) mass is 243 g/mol. The van der Waals surface area contributed by atoms with Crippen molar-refractivity contribution in [2.45, 2.75) is 12.2 Å². The van der Waals surface area contributed by atoms with Gasteiger partial charge in [0.2, 0.25) is 0 Å². The molecule has 2 N–H and O–H groups in total. The summed E-state index contributed by atoms with van der Waals surface area (Å²) in [6.07, 6.45) is 0. The molecule has 1 saturated heterocycles. The Morgan fingerprint density at radius 2 is 2.40 bits per heavy atom. The summed E-state index contributed by atoms with van der Waals surface area (Å²) in [7, 11) is 0. The van der Waals surface area contributed by atoms with Crippen LogP contribution in [-0.2, 0) is 0 Å². The number of rotatable bonds is 1. The molecule has 0 amide bonds. The molecule has 15 heavy (non-hydrogen) atoms. The fourth-order valence-corrected chi connectivity index (χ4v) is 2.86. The molecule has 5 heteroatoms. The number of halogens is 1. The van der Waals surface area contributed by atoms with Crippen molar-refractivity contribution in [3.8, 4) is 0 Å². The van der Waals surface area contributed by atoms with Gasteiger partial charge in [0.15, 0.2) is 5.82 Å². The highest BCUT2D eigenvalue weighted by molar-refractivity contribution is 8.00. The normalized spacial score (nSPS) is 21.7. The van der Waals surface area contributed by atoms with Crippen LogP contribution in [0.25, 0.3) is 0 Å². The van der Waals surface area contributed by atoms with E-state index in [9.17, 15) is 0 Å². The summed E-state index contributed by atoms with van der Waals surface area (Å²) in [6, 6.07) is 3.54. The first-order chi connectivity index (χ1) is 7.16. The van der Waals surface area contributed by atoms with Crippen molar-refractivity contribution in [1.82, 2.24) is 4.98 Å². The Balaban J connectivity index is 2.24. The molecule has 1 aromatic rings. The standard InChI is InChI=1S/C10H14ClN3S/c1-7-6-14(4-5-15-7)10-8(12)2-3-9(11)13-10/h2-3,7H,4-6,12H2,1H3. The lowest BCUT2D eigenvalue weighted by molar-refractivity contribution is 0.772. The van der Waals surface area contributed by atoms with E-state index < -0.39 is 0 Å². The maximum absolute atomic E-state index is 5.90. The van der Waals surface area contributed by atoms with Crippen LogP contribution in [0.15, 0.2) is 12.1 Å². The molecule has 2 rings (SSSR count). The van der Waals surface area contributed by atoms with Crippen LogP contribution < -0.4 is 10.6 Å². The van der Waals surface area contributed by atoms with Gasteiger partial charge in [-0.25, -0.2) is 4.98 Å². The molecule has 3 nitrogen and oxygen atoms in total. The van der Waals surface area contributed by atoms with E-state index in [0.29, 0.717) is 16.1 Å². The van der Waals surface area contributed by atoms with E-state index in [0.717, 1.165) is 24.7 Å². The molecule has 1 fully saturated rings. The van der Waals surface area contributed by atoms with Crippen molar-refractivity contribution in [2.75, 3.05) is 29.5 Å². The number of thioether (sulfide) groups is 1. The molecular formula is C10H14ClN3S. The van der Waals surface area contributed by atoms with Crippen molar-refractivity contribution in [3.63, 3.8) is 0 Å². The first kappa shape index (κ1) is 10.9. The Bertz CT molecular complexity index is 359. The van der Waals surface area contributed by atoms with E-state index in [1.54, 1.807) is 6.07 Å². The number of aromatic nitrogens is 1. The summed E-state index contributed by atoms with van der Waals surface area (Å²) in [5.74, 6) is 1.95. The third-order valence-corrected chi connectivity index (χ3v) is 3.76. The molecule has 0 spiro atoms. The SMILES string of the molecule is CC1CN(c2nc(Cl)ccc2N)CCS1. The van der Waals surface area contributed by atoms with Crippen molar-refractivity contribution in [3.05, 3.63) is 17.3 Å². The van der Waals surface area contributed by atoms with Gasteiger partial charge >= 0.3 is 0 Å². The molecule has 0 aromatic carbocycles. The van der Waals surface area contributed by atoms with Gasteiger partial charge in [-0.1, -0.05) is 18.5 Å². The van der Waals surface area contributed by atoms with Crippen molar-refractivity contribution < 1.29 is 0 Å². The molecule has 1 aromatic heterocycles. The molecule has 0 saturated carbocycles.